The summed E-state index contributed by atoms with van der Waals surface area (Å²) < 4.78 is 87.3. The molecule has 0 aliphatic carbocycles. The molecule has 0 amide bonds. The molecule has 3 aliphatic rings. The number of nitrogens with zero attached hydrogens (tertiary/aromatic N) is 1. The maximum atomic E-state index is 13.0. The van der Waals surface area contributed by atoms with Gasteiger partial charge < -0.3 is 71.1 Å². The summed E-state index contributed by atoms with van der Waals surface area (Å²) in [6.07, 6.45) is -8.01. The number of hydrogen-bond donors (Lipinski definition) is 0. The van der Waals surface area contributed by atoms with Crippen molar-refractivity contribution in [2.24, 2.45) is 10.4 Å². The Bertz CT molecular complexity index is 2410. The van der Waals surface area contributed by atoms with Crippen LogP contribution >= 0.6 is 47.5 Å². The van der Waals surface area contributed by atoms with E-state index in [1.54, 1.807) is 0 Å². The minimum atomic E-state index is -1.74. The molecule has 3 fully saturated rings. The van der Waals surface area contributed by atoms with Crippen molar-refractivity contribution >= 4 is 124 Å². The Morgan fingerprint density at radius 1 is 0.449 bits per heavy atom. The predicted molar refractivity (Wildman–Crippen MR) is 318 cm³/mol. The highest BCUT2D eigenvalue weighted by Crippen LogP contribution is 2.46. The molecule has 0 saturated carbocycles. The second-order valence-electron chi connectivity index (χ2n) is 21.4. The van der Waals surface area contributed by atoms with E-state index in [0.29, 0.717) is 0 Å². The molecule has 32 heteroatoms. The van der Waals surface area contributed by atoms with Crippen molar-refractivity contribution in [3.05, 3.63) is 0 Å². The summed E-state index contributed by atoms with van der Waals surface area (Å²) in [6.45, 7) is 12.4. The van der Waals surface area contributed by atoms with Gasteiger partial charge in [0.2, 0.25) is 0 Å². The largest absolute Gasteiger partial charge is 0.465 e. The molecule has 0 N–H and O–H groups in total. The van der Waals surface area contributed by atoms with E-state index < -0.39 is 152 Å². The van der Waals surface area contributed by atoms with Gasteiger partial charge in [0.15, 0.2) is 53.9 Å². The van der Waals surface area contributed by atoms with Crippen molar-refractivity contribution < 1.29 is 129 Å². The van der Waals surface area contributed by atoms with E-state index >= 15 is 0 Å². The molecule has 3 rings (SSSR count). The first-order chi connectivity index (χ1) is 41.9. The van der Waals surface area contributed by atoms with Crippen molar-refractivity contribution in [2.45, 2.75) is 197 Å². The van der Waals surface area contributed by atoms with Crippen LogP contribution in [0.4, 0.5) is 0 Å². The van der Waals surface area contributed by atoms with Gasteiger partial charge in [0.25, 0.3) is 0 Å². The number of esters is 12. The highest BCUT2D eigenvalue weighted by Gasteiger charge is 2.60. The van der Waals surface area contributed by atoms with Gasteiger partial charge in [-0.2, -0.15) is 0 Å². The Morgan fingerprint density at radius 3 is 1.17 bits per heavy atom. The minimum absolute atomic E-state index is 0.0216. The van der Waals surface area contributed by atoms with Crippen LogP contribution in [0, 0.1) is 5.41 Å². The number of ether oxygens (including phenoxy) is 15. The summed E-state index contributed by atoms with van der Waals surface area (Å²) in [4.78, 5) is 154. The van der Waals surface area contributed by atoms with Gasteiger partial charge in [0, 0.05) is 120 Å². The molecule has 28 nitrogen and oxygen atoms in total. The van der Waals surface area contributed by atoms with Gasteiger partial charge in [0.05, 0.1) is 52.7 Å². The molecule has 3 heterocycles. The van der Waals surface area contributed by atoms with Crippen LogP contribution in [0.2, 0.25) is 0 Å². The number of thioether (sulfide) groups is 3. The van der Waals surface area contributed by atoms with Crippen molar-refractivity contribution in [1.29, 1.82) is 0 Å². The molecule has 89 heavy (non-hydrogen) atoms. The van der Waals surface area contributed by atoms with E-state index in [9.17, 15) is 57.5 Å². The SMILES string of the molecule is CC(=O)OC[C@@H]1S[C@H](CCCOCC(CN=C=S)(COCCC[C@]2(OC(C)=O)[C@H](COC(C)=O)SC[C@H](OC(C)=O)[C@H]2OC(C)=O)COCCC[C@]2(OC(C)=O)[C@H](COC(C)=O)SC[C@H](OC(C)=O)[C@H]2OC(C)=O)[C@@H](OC(C)=O)[C@@H](OC(C)=O)[C@@H]1OC(C)=O. The van der Waals surface area contributed by atoms with E-state index in [1.807, 2.05) is 0 Å². The van der Waals surface area contributed by atoms with Crippen LogP contribution in [0.1, 0.15) is 122 Å². The first kappa shape index (κ1) is 77.6. The molecule has 3 saturated heterocycles. The van der Waals surface area contributed by atoms with Gasteiger partial charge in [-0.1, -0.05) is 0 Å². The zero-order chi connectivity index (χ0) is 66.6. The summed E-state index contributed by atoms with van der Waals surface area (Å²) in [7, 11) is 0. The lowest BCUT2D eigenvalue weighted by molar-refractivity contribution is -0.207. The Balaban J connectivity index is 2.06. The summed E-state index contributed by atoms with van der Waals surface area (Å²) in [5, 5.41) is -0.694. The van der Waals surface area contributed by atoms with Crippen LogP contribution in [0.3, 0.4) is 0 Å². The first-order valence-corrected chi connectivity index (χ1v) is 32.0. The van der Waals surface area contributed by atoms with Crippen LogP contribution in [0.25, 0.3) is 0 Å². The molecule has 0 aromatic heterocycles. The van der Waals surface area contributed by atoms with Gasteiger partial charge in [0.1, 0.15) is 19.8 Å². The molecule has 3 aliphatic heterocycles. The second kappa shape index (κ2) is 38.3. The smallest absolute Gasteiger partial charge is 0.303 e. The molecule has 13 atom stereocenters. The third-order valence-electron chi connectivity index (χ3n) is 13.7. The molecule has 0 radical (unpaired) electrons. The number of aliphatic imine (C=N–C) groups is 1. The molecule has 0 aromatic rings. The topological polar surface area (TPSA) is 356 Å². The molecular formula is C57H83NO27S4. The number of thiocarbonyl (C=S) groups is 1. The van der Waals surface area contributed by atoms with E-state index in [0.717, 1.165) is 41.5 Å². The number of carbonyl (C=O) groups is 12. The zero-order valence-electron chi connectivity index (χ0n) is 52.2. The normalized spacial score (nSPS) is 26.4. The van der Waals surface area contributed by atoms with E-state index in [-0.39, 0.29) is 116 Å². The first-order valence-electron chi connectivity index (χ1n) is 28.5. The molecule has 0 bridgehead atoms. The van der Waals surface area contributed by atoms with Gasteiger partial charge in [-0.15, -0.1) is 35.3 Å². The highest BCUT2D eigenvalue weighted by molar-refractivity contribution is 8.00. The molecule has 502 valence electrons. The minimum Gasteiger partial charge on any atom is -0.465 e. The van der Waals surface area contributed by atoms with Gasteiger partial charge in [-0.05, 0) is 50.7 Å². The maximum Gasteiger partial charge on any atom is 0.303 e. The van der Waals surface area contributed by atoms with Crippen molar-refractivity contribution in [3.8, 4) is 0 Å². The third kappa shape index (κ3) is 25.9. The summed E-state index contributed by atoms with van der Waals surface area (Å²) >= 11 is 8.62. The lowest BCUT2D eigenvalue weighted by atomic mass is 9.83. The monoisotopic (exact) mass is 1340 g/mol. The van der Waals surface area contributed by atoms with Crippen molar-refractivity contribution in [3.63, 3.8) is 0 Å². The standard InChI is InChI=1S/C57H83NO27S4/c1-32(59)74-22-47-51(80-38(7)65)52(81-39(8)66)50(79-37(6)64)46(89-47)16-13-19-71-28-55(27-58-31-86,29-72-20-14-17-56(84-42(11)69)48(23-75-33(2)60)87-25-44(77-35(4)62)53(56)82-40(9)67)30-73-21-15-18-57(85-43(12)70)49(24-76-34(3)61)88-26-45(78-36(5)63)54(57)83-41(10)68/h44-54H,13-30H2,1-12H3/t44-,45-,46+,47-,48-,49-,50+,51+,52+,53+,54+,56-,57-/m0/s1. The highest BCUT2D eigenvalue weighted by atomic mass is 32.2. The van der Waals surface area contributed by atoms with Gasteiger partial charge >= 0.3 is 71.6 Å². The average Bonchev–Trinajstić information content (AvgIpc) is 1.31. The third-order valence-corrected chi connectivity index (χ3v) is 18.3. The average molecular weight is 1340 g/mol. The fourth-order valence-corrected chi connectivity index (χ4v) is 15.1. The summed E-state index contributed by atoms with van der Waals surface area (Å²) in [6, 6.07) is 0. The summed E-state index contributed by atoms with van der Waals surface area (Å²) in [5.74, 6) is -8.44. The molecule has 0 aromatic carbocycles. The Labute approximate surface area is 534 Å². The zero-order valence-corrected chi connectivity index (χ0v) is 55.4. The van der Waals surface area contributed by atoms with E-state index in [1.165, 1.54) is 76.8 Å². The lowest BCUT2D eigenvalue weighted by Gasteiger charge is -2.49. The van der Waals surface area contributed by atoms with Crippen molar-refractivity contribution in [1.82, 2.24) is 0 Å². The fraction of sp³-hybridized carbons (Fsp3) is 0.772. The van der Waals surface area contributed by atoms with Crippen LogP contribution < -0.4 is 0 Å². The predicted octanol–water partition coefficient (Wildman–Crippen LogP) is 4.00. The Hall–Kier alpha value is -5.63. The number of hydrogen-bond acceptors (Lipinski definition) is 32. The van der Waals surface area contributed by atoms with E-state index in [4.69, 9.17) is 83.3 Å². The molecule has 0 spiro atoms. The molecule has 0 unspecified atom stereocenters. The van der Waals surface area contributed by atoms with Gasteiger partial charge in [-0.3, -0.25) is 57.5 Å². The fourth-order valence-electron chi connectivity index (χ4n) is 10.6. The van der Waals surface area contributed by atoms with Crippen LogP contribution in [-0.2, 0) is 129 Å². The number of rotatable bonds is 35. The maximum absolute atomic E-state index is 13.0. The lowest BCUT2D eigenvalue weighted by Crippen LogP contribution is -2.65. The Morgan fingerprint density at radius 2 is 0.809 bits per heavy atom. The van der Waals surface area contributed by atoms with Crippen molar-refractivity contribution in [2.75, 3.05) is 77.5 Å². The quantitative estimate of drug-likeness (QED) is 0.0284. The van der Waals surface area contributed by atoms with Crippen LogP contribution in [0.5, 0.6) is 0 Å². The van der Waals surface area contributed by atoms with E-state index in [2.05, 4.69) is 10.2 Å². The second-order valence-corrected chi connectivity index (χ2v) is 25.5. The number of isothiocyanates is 1. The Kier molecular flexibility index (Phi) is 33.4. The molecular weight excluding hydrogens is 1260 g/mol. The van der Waals surface area contributed by atoms with Crippen LogP contribution in [0.15, 0.2) is 4.99 Å². The summed E-state index contributed by atoms with van der Waals surface area (Å²) in [5.41, 5.74) is -4.68. The van der Waals surface area contributed by atoms with Crippen LogP contribution in [-0.4, -0.2) is 229 Å². The number of carbonyl (C=O) groups excluding carboxylic acids is 12. The van der Waals surface area contributed by atoms with Gasteiger partial charge in [-0.25, -0.2) is 4.99 Å².